The predicted molar refractivity (Wildman–Crippen MR) is 136 cm³/mol. The summed E-state index contributed by atoms with van der Waals surface area (Å²) in [6, 6.07) is 20.7. The van der Waals surface area contributed by atoms with Crippen molar-refractivity contribution in [3.05, 3.63) is 71.8 Å². The van der Waals surface area contributed by atoms with E-state index in [4.69, 9.17) is 31.7 Å². The van der Waals surface area contributed by atoms with Gasteiger partial charge in [0.15, 0.2) is 0 Å². The summed E-state index contributed by atoms with van der Waals surface area (Å²) in [6.07, 6.45) is -0.755. The number of rotatable bonds is 8. The van der Waals surface area contributed by atoms with Gasteiger partial charge in [0.1, 0.15) is 25.8 Å². The number of hydrogen-bond acceptors (Lipinski definition) is 9. The number of hydrogen-bond donors (Lipinski definition) is 4. The van der Waals surface area contributed by atoms with Crippen molar-refractivity contribution in [3.63, 3.8) is 0 Å². The molecule has 36 heavy (non-hydrogen) atoms. The van der Waals surface area contributed by atoms with Crippen molar-refractivity contribution in [2.75, 3.05) is 41.8 Å². The van der Waals surface area contributed by atoms with Crippen LogP contribution in [-0.2, 0) is 35.7 Å². The molecule has 0 aliphatic carbocycles. The fourth-order valence-corrected chi connectivity index (χ4v) is 4.47. The molecule has 1 fully saturated rings. The molecular formula is C24H38N4O7S. The van der Waals surface area contributed by atoms with Gasteiger partial charge in [-0.1, -0.05) is 60.7 Å². The van der Waals surface area contributed by atoms with Crippen LogP contribution in [0.5, 0.6) is 0 Å². The van der Waals surface area contributed by atoms with E-state index in [2.05, 4.69) is 49.0 Å². The van der Waals surface area contributed by atoms with Crippen LogP contribution in [-0.4, -0.2) is 81.5 Å². The number of ether oxygens (including phenoxy) is 3. The molecular weight excluding hydrogens is 488 g/mol. The van der Waals surface area contributed by atoms with Crippen LogP contribution in [0.2, 0.25) is 0 Å². The highest BCUT2D eigenvalue weighted by molar-refractivity contribution is 7.79. The lowest BCUT2D eigenvalue weighted by atomic mass is 9.75. The standard InChI is InChI=1S/C24H36N4O3.H2O4S/c1-23(25-27(3)4,19-13-9-7-10-14-19)21-22(31-18-29-17-30-21)24(2,26-28(5)6)20-15-11-8-12-16-20;1-5(2,3)4/h7-16,21-22,25-26H,17-18H2,1-6H3;(H2,1,2,3,4). The summed E-state index contributed by atoms with van der Waals surface area (Å²) in [4.78, 5) is 0. The van der Waals surface area contributed by atoms with Crippen LogP contribution >= 0.6 is 0 Å². The number of nitrogens with one attached hydrogen (secondary N) is 2. The van der Waals surface area contributed by atoms with Crippen LogP contribution in [0.25, 0.3) is 0 Å². The average molecular weight is 527 g/mol. The molecule has 4 unspecified atom stereocenters. The molecule has 0 amide bonds. The Kier molecular flexibility index (Phi) is 10.9. The van der Waals surface area contributed by atoms with E-state index in [0.717, 1.165) is 11.1 Å². The summed E-state index contributed by atoms with van der Waals surface area (Å²) in [5.41, 5.74) is 8.24. The Balaban J connectivity index is 0.000000830. The lowest BCUT2D eigenvalue weighted by Gasteiger charge is -2.49. The van der Waals surface area contributed by atoms with E-state index >= 15 is 0 Å². The molecule has 2 aromatic carbocycles. The van der Waals surface area contributed by atoms with Gasteiger partial charge in [-0.3, -0.25) is 9.11 Å². The average Bonchev–Trinajstić information content (AvgIpc) is 3.05. The van der Waals surface area contributed by atoms with Gasteiger partial charge in [0.05, 0.1) is 11.1 Å². The third kappa shape index (κ3) is 8.56. The molecule has 0 aromatic heterocycles. The maximum atomic E-state index is 8.74. The number of hydrazine groups is 2. The first kappa shape index (κ1) is 30.3. The SMILES string of the molecule is CN(C)NC(C)(c1ccccc1)C1OCOCOC1C(C)(NN(C)C)c1ccccc1.O=S(=O)(O)O. The predicted octanol–water partition coefficient (Wildman–Crippen LogP) is 2.01. The second-order valence-corrected chi connectivity index (χ2v) is 10.1. The first-order chi connectivity index (χ1) is 16.8. The van der Waals surface area contributed by atoms with Crippen molar-refractivity contribution in [2.24, 2.45) is 0 Å². The summed E-state index contributed by atoms with van der Waals surface area (Å²) >= 11 is 0. The zero-order chi connectivity index (χ0) is 27.0. The molecule has 202 valence electrons. The molecule has 1 heterocycles. The van der Waals surface area contributed by atoms with Crippen LogP contribution in [0.3, 0.4) is 0 Å². The Hall–Kier alpha value is -1.97. The Morgan fingerprint density at radius 3 is 1.33 bits per heavy atom. The minimum atomic E-state index is -4.67. The molecule has 4 atom stereocenters. The third-order valence-electron chi connectivity index (χ3n) is 5.73. The fraction of sp³-hybridized carbons (Fsp3) is 0.500. The largest absolute Gasteiger partial charge is 0.394 e. The maximum Gasteiger partial charge on any atom is 0.394 e. The fourth-order valence-electron chi connectivity index (χ4n) is 4.47. The second-order valence-electron chi connectivity index (χ2n) is 9.21. The molecule has 0 bridgehead atoms. The first-order valence-corrected chi connectivity index (χ1v) is 12.7. The van der Waals surface area contributed by atoms with E-state index < -0.39 is 21.5 Å². The second kappa shape index (κ2) is 13.0. The molecule has 2 aromatic rings. The van der Waals surface area contributed by atoms with Gasteiger partial charge in [0.25, 0.3) is 0 Å². The van der Waals surface area contributed by atoms with Crippen LogP contribution < -0.4 is 10.9 Å². The Labute approximate surface area is 213 Å². The van der Waals surface area contributed by atoms with E-state index in [0.29, 0.717) is 0 Å². The van der Waals surface area contributed by atoms with Gasteiger partial charge in [-0.25, -0.2) is 20.9 Å². The molecule has 0 spiro atoms. The highest BCUT2D eigenvalue weighted by atomic mass is 32.3. The molecule has 12 heteroatoms. The number of benzene rings is 2. The van der Waals surface area contributed by atoms with Gasteiger partial charge in [-0.15, -0.1) is 0 Å². The van der Waals surface area contributed by atoms with Gasteiger partial charge in [0, 0.05) is 28.2 Å². The normalized spacial score (nSPS) is 22.2. The highest BCUT2D eigenvalue weighted by Gasteiger charge is 2.52. The molecule has 1 aliphatic rings. The zero-order valence-corrected chi connectivity index (χ0v) is 22.4. The van der Waals surface area contributed by atoms with Crippen LogP contribution in [0.4, 0.5) is 0 Å². The quantitative estimate of drug-likeness (QED) is 0.297. The molecule has 1 saturated heterocycles. The lowest BCUT2D eigenvalue weighted by molar-refractivity contribution is -0.136. The van der Waals surface area contributed by atoms with Crippen LogP contribution in [0, 0.1) is 0 Å². The lowest BCUT2D eigenvalue weighted by Crippen LogP contribution is -2.66. The van der Waals surface area contributed by atoms with E-state index in [-0.39, 0.29) is 25.8 Å². The van der Waals surface area contributed by atoms with Gasteiger partial charge in [0.2, 0.25) is 0 Å². The Bertz CT molecular complexity index is 952. The van der Waals surface area contributed by atoms with Gasteiger partial charge >= 0.3 is 10.4 Å². The summed E-state index contributed by atoms with van der Waals surface area (Å²) in [5, 5.41) is 3.91. The number of nitrogens with zero attached hydrogens (tertiary/aromatic N) is 2. The zero-order valence-electron chi connectivity index (χ0n) is 21.6. The molecule has 11 nitrogen and oxygen atoms in total. The summed E-state index contributed by atoms with van der Waals surface area (Å²) in [7, 11) is 3.27. The smallest absolute Gasteiger partial charge is 0.347 e. The topological polar surface area (TPSA) is 133 Å². The van der Waals surface area contributed by atoms with Crippen molar-refractivity contribution >= 4 is 10.4 Å². The van der Waals surface area contributed by atoms with Gasteiger partial charge in [-0.05, 0) is 25.0 Å². The maximum absolute atomic E-state index is 8.74. The van der Waals surface area contributed by atoms with E-state index in [1.165, 1.54) is 0 Å². The molecule has 4 N–H and O–H groups in total. The van der Waals surface area contributed by atoms with E-state index in [1.54, 1.807) is 0 Å². The summed E-state index contributed by atoms with van der Waals surface area (Å²) in [6.45, 7) is 4.61. The molecule has 3 rings (SSSR count). The van der Waals surface area contributed by atoms with Crippen molar-refractivity contribution in [1.29, 1.82) is 0 Å². The van der Waals surface area contributed by atoms with Crippen molar-refractivity contribution < 1.29 is 31.7 Å². The van der Waals surface area contributed by atoms with Gasteiger partial charge in [-0.2, -0.15) is 8.42 Å². The summed E-state index contributed by atoms with van der Waals surface area (Å²) < 4.78 is 50.0. The van der Waals surface area contributed by atoms with Gasteiger partial charge < -0.3 is 14.2 Å². The minimum Gasteiger partial charge on any atom is -0.347 e. The Morgan fingerprint density at radius 2 is 1.06 bits per heavy atom. The molecule has 0 radical (unpaired) electrons. The van der Waals surface area contributed by atoms with E-state index in [1.807, 2.05) is 74.6 Å². The monoisotopic (exact) mass is 526 g/mol. The Morgan fingerprint density at radius 1 is 0.750 bits per heavy atom. The van der Waals surface area contributed by atoms with Crippen LogP contribution in [0.15, 0.2) is 60.7 Å². The van der Waals surface area contributed by atoms with Crippen molar-refractivity contribution in [3.8, 4) is 0 Å². The molecule has 1 aliphatic heterocycles. The third-order valence-corrected chi connectivity index (χ3v) is 5.73. The molecule has 0 saturated carbocycles. The van der Waals surface area contributed by atoms with E-state index in [9.17, 15) is 0 Å². The first-order valence-electron chi connectivity index (χ1n) is 11.3. The van der Waals surface area contributed by atoms with Crippen LogP contribution in [0.1, 0.15) is 25.0 Å². The highest BCUT2D eigenvalue weighted by Crippen LogP contribution is 2.39. The minimum absolute atomic E-state index is 0.158. The van der Waals surface area contributed by atoms with Crippen molar-refractivity contribution in [2.45, 2.75) is 37.1 Å². The van der Waals surface area contributed by atoms with Crippen molar-refractivity contribution in [1.82, 2.24) is 20.9 Å². The summed E-state index contributed by atoms with van der Waals surface area (Å²) in [5.74, 6) is 0.